The highest BCUT2D eigenvalue weighted by molar-refractivity contribution is 8.26. The number of nitrogens with zero attached hydrogens (tertiary/aromatic N) is 1. The summed E-state index contributed by atoms with van der Waals surface area (Å²) in [5.41, 5.74) is 2.77. The van der Waals surface area contributed by atoms with Crippen LogP contribution in [0.5, 0.6) is 11.5 Å². The third-order valence-electron chi connectivity index (χ3n) is 5.40. The second kappa shape index (κ2) is 12.4. The lowest BCUT2D eigenvalue weighted by Crippen LogP contribution is -2.29. The number of ether oxygens (including phenoxy) is 2. The van der Waals surface area contributed by atoms with Gasteiger partial charge in [-0.05, 0) is 41.8 Å². The lowest BCUT2D eigenvalue weighted by Gasteiger charge is -2.14. The number of hydrogen-bond donors (Lipinski definition) is 1. The van der Waals surface area contributed by atoms with Gasteiger partial charge in [-0.15, -0.1) is 0 Å². The first-order valence-electron chi connectivity index (χ1n) is 11.4. The number of hydrogen-bond acceptors (Lipinski definition) is 6. The number of carboxylic acids is 1. The SMILES string of the molecule is O=C(O)CCCN1C(=O)C(=Cc2cc(OCc3ccccc3)ccc2OCc2ccccc2)SC1=S. The normalized spacial score (nSPS) is 14.3. The van der Waals surface area contributed by atoms with E-state index in [2.05, 4.69) is 0 Å². The van der Waals surface area contributed by atoms with E-state index in [0.717, 1.165) is 11.1 Å². The molecule has 184 valence electrons. The van der Waals surface area contributed by atoms with E-state index in [1.165, 1.54) is 16.7 Å². The molecule has 3 aromatic carbocycles. The van der Waals surface area contributed by atoms with Crippen molar-refractivity contribution in [1.82, 2.24) is 4.90 Å². The molecule has 0 saturated carbocycles. The number of amides is 1. The minimum atomic E-state index is -0.900. The van der Waals surface area contributed by atoms with Gasteiger partial charge >= 0.3 is 5.97 Å². The number of aliphatic carboxylic acids is 1. The Labute approximate surface area is 219 Å². The van der Waals surface area contributed by atoms with Crippen molar-refractivity contribution in [2.24, 2.45) is 0 Å². The summed E-state index contributed by atoms with van der Waals surface area (Å²) in [5, 5.41) is 8.89. The van der Waals surface area contributed by atoms with Gasteiger partial charge in [-0.3, -0.25) is 14.5 Å². The molecule has 0 bridgehead atoms. The number of carbonyl (C=O) groups is 2. The molecule has 6 nitrogen and oxygen atoms in total. The predicted molar refractivity (Wildman–Crippen MR) is 145 cm³/mol. The Morgan fingerprint density at radius 3 is 2.22 bits per heavy atom. The summed E-state index contributed by atoms with van der Waals surface area (Å²) in [6, 6.07) is 25.2. The van der Waals surface area contributed by atoms with Crippen molar-refractivity contribution in [3.05, 3.63) is 100 Å². The van der Waals surface area contributed by atoms with Crippen molar-refractivity contribution in [2.45, 2.75) is 26.1 Å². The average Bonchev–Trinajstić information content (AvgIpc) is 3.15. The molecule has 1 saturated heterocycles. The van der Waals surface area contributed by atoms with E-state index in [-0.39, 0.29) is 18.9 Å². The van der Waals surface area contributed by atoms with Crippen molar-refractivity contribution < 1.29 is 24.2 Å². The predicted octanol–water partition coefficient (Wildman–Crippen LogP) is 5.91. The smallest absolute Gasteiger partial charge is 0.303 e. The summed E-state index contributed by atoms with van der Waals surface area (Å²) in [7, 11) is 0. The quantitative estimate of drug-likeness (QED) is 0.249. The van der Waals surface area contributed by atoms with Crippen LogP contribution in [-0.2, 0) is 22.8 Å². The summed E-state index contributed by atoms with van der Waals surface area (Å²) in [4.78, 5) is 25.8. The van der Waals surface area contributed by atoms with Gasteiger partial charge in [0.25, 0.3) is 5.91 Å². The van der Waals surface area contributed by atoms with Crippen molar-refractivity contribution >= 4 is 46.3 Å². The molecule has 1 heterocycles. The van der Waals surface area contributed by atoms with Gasteiger partial charge in [-0.1, -0.05) is 84.6 Å². The van der Waals surface area contributed by atoms with Crippen molar-refractivity contribution in [2.75, 3.05) is 6.54 Å². The fraction of sp³-hybridized carbons (Fsp3) is 0.179. The van der Waals surface area contributed by atoms with Gasteiger partial charge in [0.05, 0.1) is 4.91 Å². The second-order valence-corrected chi connectivity index (χ2v) is 9.75. The Morgan fingerprint density at radius 1 is 0.944 bits per heavy atom. The Bertz CT molecular complexity index is 1260. The largest absolute Gasteiger partial charge is 0.489 e. The number of thiocarbonyl (C=S) groups is 1. The minimum absolute atomic E-state index is 0.0195. The van der Waals surface area contributed by atoms with Crippen LogP contribution in [0, 0.1) is 0 Å². The number of carbonyl (C=O) groups excluding carboxylic acids is 1. The molecule has 1 amide bonds. The Morgan fingerprint density at radius 2 is 1.58 bits per heavy atom. The number of carboxylic acid groups (broad SMARTS) is 1. The zero-order chi connectivity index (χ0) is 25.3. The summed E-state index contributed by atoms with van der Waals surface area (Å²) in [6.45, 7) is 1.06. The van der Waals surface area contributed by atoms with Crippen LogP contribution in [0.3, 0.4) is 0 Å². The number of rotatable bonds is 11. The maximum absolute atomic E-state index is 13.0. The number of thioether (sulfide) groups is 1. The van der Waals surface area contributed by atoms with Gasteiger partial charge in [-0.2, -0.15) is 0 Å². The standard InChI is InChI=1S/C28H25NO5S2/c30-26(31)12-7-15-29-27(32)25(36-28(29)35)17-22-16-23(33-18-20-8-3-1-4-9-20)13-14-24(22)34-19-21-10-5-2-6-11-21/h1-6,8-11,13-14,16-17H,7,12,15,18-19H2,(H,30,31). The molecule has 1 fully saturated rings. The van der Waals surface area contributed by atoms with Gasteiger partial charge in [0.1, 0.15) is 29.0 Å². The van der Waals surface area contributed by atoms with Crippen LogP contribution < -0.4 is 9.47 Å². The molecule has 0 atom stereocenters. The second-order valence-electron chi connectivity index (χ2n) is 8.08. The first-order chi connectivity index (χ1) is 17.5. The van der Waals surface area contributed by atoms with E-state index in [9.17, 15) is 9.59 Å². The highest BCUT2D eigenvalue weighted by Gasteiger charge is 2.32. The molecule has 0 radical (unpaired) electrons. The van der Waals surface area contributed by atoms with Crippen LogP contribution in [0.25, 0.3) is 6.08 Å². The monoisotopic (exact) mass is 519 g/mol. The molecular formula is C28H25NO5S2. The van der Waals surface area contributed by atoms with Gasteiger partial charge in [0.15, 0.2) is 0 Å². The van der Waals surface area contributed by atoms with Crippen LogP contribution in [0.4, 0.5) is 0 Å². The Balaban J connectivity index is 1.55. The fourth-order valence-corrected chi connectivity index (χ4v) is 4.86. The minimum Gasteiger partial charge on any atom is -0.489 e. The zero-order valence-corrected chi connectivity index (χ0v) is 21.1. The molecule has 36 heavy (non-hydrogen) atoms. The summed E-state index contributed by atoms with van der Waals surface area (Å²) < 4.78 is 12.5. The molecule has 0 aromatic heterocycles. The van der Waals surface area contributed by atoms with Gasteiger partial charge in [0.2, 0.25) is 0 Å². The molecule has 0 spiro atoms. The van der Waals surface area contributed by atoms with E-state index >= 15 is 0 Å². The molecule has 1 aliphatic rings. The molecule has 1 aliphatic heterocycles. The molecule has 0 aliphatic carbocycles. The maximum Gasteiger partial charge on any atom is 0.303 e. The molecule has 8 heteroatoms. The fourth-order valence-electron chi connectivity index (χ4n) is 3.56. The van der Waals surface area contributed by atoms with Crippen LogP contribution >= 0.6 is 24.0 Å². The summed E-state index contributed by atoms with van der Waals surface area (Å²) in [5.74, 6) is 0.125. The zero-order valence-electron chi connectivity index (χ0n) is 19.5. The van der Waals surface area contributed by atoms with Gasteiger partial charge < -0.3 is 14.6 Å². The van der Waals surface area contributed by atoms with Crippen molar-refractivity contribution in [1.29, 1.82) is 0 Å². The first-order valence-corrected chi connectivity index (χ1v) is 12.7. The first kappa shape index (κ1) is 25.5. The van der Waals surface area contributed by atoms with Crippen LogP contribution in [0.1, 0.15) is 29.5 Å². The lowest BCUT2D eigenvalue weighted by molar-refractivity contribution is -0.137. The van der Waals surface area contributed by atoms with Gasteiger partial charge in [-0.25, -0.2) is 0 Å². The molecular weight excluding hydrogens is 494 g/mol. The van der Waals surface area contributed by atoms with E-state index in [0.29, 0.717) is 45.9 Å². The maximum atomic E-state index is 13.0. The third kappa shape index (κ3) is 6.96. The van der Waals surface area contributed by atoms with Crippen LogP contribution in [-0.4, -0.2) is 32.7 Å². The van der Waals surface area contributed by atoms with Crippen molar-refractivity contribution in [3.63, 3.8) is 0 Å². The topological polar surface area (TPSA) is 76.1 Å². The Kier molecular flexibility index (Phi) is 8.76. The van der Waals surface area contributed by atoms with E-state index in [1.807, 2.05) is 78.9 Å². The number of benzene rings is 3. The highest BCUT2D eigenvalue weighted by Crippen LogP contribution is 2.36. The Hall–Kier alpha value is -3.62. The molecule has 1 N–H and O–H groups in total. The molecule has 3 aromatic rings. The lowest BCUT2D eigenvalue weighted by atomic mass is 10.1. The summed E-state index contributed by atoms with van der Waals surface area (Å²) in [6.07, 6.45) is 2.07. The van der Waals surface area contributed by atoms with Crippen LogP contribution in [0.2, 0.25) is 0 Å². The molecule has 0 unspecified atom stereocenters. The van der Waals surface area contributed by atoms with Crippen LogP contribution in [0.15, 0.2) is 83.8 Å². The highest BCUT2D eigenvalue weighted by atomic mass is 32.2. The van der Waals surface area contributed by atoms with E-state index in [4.69, 9.17) is 26.8 Å². The van der Waals surface area contributed by atoms with Crippen molar-refractivity contribution in [3.8, 4) is 11.5 Å². The average molecular weight is 520 g/mol. The third-order valence-corrected chi connectivity index (χ3v) is 6.78. The van der Waals surface area contributed by atoms with E-state index in [1.54, 1.807) is 6.08 Å². The van der Waals surface area contributed by atoms with E-state index < -0.39 is 5.97 Å². The molecule has 4 rings (SSSR count). The van der Waals surface area contributed by atoms with Gasteiger partial charge in [0, 0.05) is 18.5 Å². The summed E-state index contributed by atoms with van der Waals surface area (Å²) >= 11 is 6.58.